The predicted molar refractivity (Wildman–Crippen MR) is 68.8 cm³/mol. The number of nitro groups is 1. The van der Waals surface area contributed by atoms with Gasteiger partial charge in [-0.3, -0.25) is 15.1 Å². The molecule has 2 aromatic rings. The van der Waals surface area contributed by atoms with Crippen molar-refractivity contribution in [2.45, 2.75) is 0 Å². The molecule has 0 spiro atoms. The third-order valence-electron chi connectivity index (χ3n) is 2.56. The first-order chi connectivity index (χ1) is 8.74. The molecule has 1 N–H and O–H groups in total. The van der Waals surface area contributed by atoms with Crippen LogP contribution in [-0.2, 0) is 4.74 Å². The maximum Gasteiger partial charge on any atom is 0.278 e. The monoisotopic (exact) mass is 247 g/mol. The third-order valence-corrected chi connectivity index (χ3v) is 2.56. The zero-order valence-corrected chi connectivity index (χ0v) is 9.92. The number of nitrogens with one attached hydrogen (secondary N) is 1. The highest BCUT2D eigenvalue weighted by Crippen LogP contribution is 2.29. The van der Waals surface area contributed by atoms with Crippen LogP contribution < -0.4 is 5.32 Å². The minimum Gasteiger partial charge on any atom is -0.383 e. The van der Waals surface area contributed by atoms with E-state index in [0.29, 0.717) is 24.1 Å². The van der Waals surface area contributed by atoms with E-state index in [1.54, 1.807) is 31.5 Å². The minimum atomic E-state index is -0.400. The molecule has 0 atom stereocenters. The van der Waals surface area contributed by atoms with Crippen LogP contribution in [0.2, 0.25) is 0 Å². The number of benzene rings is 1. The van der Waals surface area contributed by atoms with Gasteiger partial charge in [-0.15, -0.1) is 0 Å². The van der Waals surface area contributed by atoms with Crippen molar-refractivity contribution in [1.29, 1.82) is 0 Å². The van der Waals surface area contributed by atoms with Crippen LogP contribution in [0.3, 0.4) is 0 Å². The summed E-state index contributed by atoms with van der Waals surface area (Å²) in [6.45, 7) is 1.19. The topological polar surface area (TPSA) is 77.3 Å². The quantitative estimate of drug-likeness (QED) is 0.498. The molecule has 1 aromatic heterocycles. The molecule has 0 saturated heterocycles. The summed E-state index contributed by atoms with van der Waals surface area (Å²) in [5.41, 5.74) is 1.44. The van der Waals surface area contributed by atoms with Crippen LogP contribution in [0.5, 0.6) is 0 Å². The Morgan fingerprint density at radius 2 is 2.28 bits per heavy atom. The van der Waals surface area contributed by atoms with Crippen molar-refractivity contribution in [2.75, 3.05) is 25.6 Å². The molecule has 1 aromatic carbocycles. The van der Waals surface area contributed by atoms with Gasteiger partial charge in [0.05, 0.1) is 22.6 Å². The Hall–Kier alpha value is -2.21. The number of nitro benzene ring substituents is 1. The van der Waals surface area contributed by atoms with Gasteiger partial charge in [0.25, 0.3) is 5.69 Å². The maximum absolute atomic E-state index is 10.9. The first-order valence-electron chi connectivity index (χ1n) is 5.49. The van der Waals surface area contributed by atoms with Crippen molar-refractivity contribution >= 4 is 22.3 Å². The van der Waals surface area contributed by atoms with Gasteiger partial charge in [0, 0.05) is 25.9 Å². The number of rotatable bonds is 5. The molecule has 0 aliphatic heterocycles. The lowest BCUT2D eigenvalue weighted by Crippen LogP contribution is -2.08. The molecule has 0 aliphatic rings. The lowest BCUT2D eigenvalue weighted by Gasteiger charge is -2.08. The summed E-state index contributed by atoms with van der Waals surface area (Å²) < 4.78 is 4.95. The average Bonchev–Trinajstić information content (AvgIpc) is 2.38. The summed E-state index contributed by atoms with van der Waals surface area (Å²) in [5, 5.41) is 14.6. The zero-order valence-electron chi connectivity index (χ0n) is 9.92. The number of nitrogens with zero attached hydrogens (tertiary/aromatic N) is 2. The smallest absolute Gasteiger partial charge is 0.278 e. The van der Waals surface area contributed by atoms with Gasteiger partial charge in [-0.25, -0.2) is 0 Å². The maximum atomic E-state index is 10.9. The molecule has 0 aliphatic carbocycles. The fourth-order valence-corrected chi connectivity index (χ4v) is 1.75. The van der Waals surface area contributed by atoms with Gasteiger partial charge in [-0.2, -0.15) is 0 Å². The molecule has 0 amide bonds. The predicted octanol–water partition coefficient (Wildman–Crippen LogP) is 2.20. The summed E-state index contributed by atoms with van der Waals surface area (Å²) in [4.78, 5) is 14.7. The van der Waals surface area contributed by atoms with E-state index < -0.39 is 4.92 Å². The number of hydrogen-bond donors (Lipinski definition) is 1. The molecule has 0 unspecified atom stereocenters. The van der Waals surface area contributed by atoms with Crippen LogP contribution in [0, 0.1) is 10.1 Å². The average molecular weight is 247 g/mol. The number of hydrogen-bond acceptors (Lipinski definition) is 5. The molecule has 0 saturated carbocycles. The number of non-ortho nitro benzene ring substituents is 1. The molecule has 6 heteroatoms. The molecular weight excluding hydrogens is 234 g/mol. The number of aromatic nitrogens is 1. The standard InChI is InChI=1S/C12H13N3O3/c1-18-8-7-13-10-4-5-11(15(16)17)9-3-2-6-14-12(9)10/h2-6,13H,7-8H2,1H3. The molecule has 2 rings (SSSR count). The van der Waals surface area contributed by atoms with E-state index in [-0.39, 0.29) is 5.69 Å². The van der Waals surface area contributed by atoms with Crippen molar-refractivity contribution in [3.63, 3.8) is 0 Å². The van der Waals surface area contributed by atoms with E-state index in [9.17, 15) is 10.1 Å². The third kappa shape index (κ3) is 2.38. The SMILES string of the molecule is COCCNc1ccc([N+](=O)[O-])c2cccnc12. The van der Waals surface area contributed by atoms with E-state index in [2.05, 4.69) is 10.3 Å². The van der Waals surface area contributed by atoms with Crippen molar-refractivity contribution < 1.29 is 9.66 Å². The molecule has 94 valence electrons. The van der Waals surface area contributed by atoms with Crippen molar-refractivity contribution in [2.24, 2.45) is 0 Å². The molecule has 0 fully saturated rings. The molecule has 1 heterocycles. The zero-order chi connectivity index (χ0) is 13.0. The molecule has 0 radical (unpaired) electrons. The van der Waals surface area contributed by atoms with E-state index >= 15 is 0 Å². The normalized spacial score (nSPS) is 10.5. The highest BCUT2D eigenvalue weighted by atomic mass is 16.6. The Bertz CT molecular complexity index is 571. The van der Waals surface area contributed by atoms with E-state index in [1.165, 1.54) is 6.07 Å². The van der Waals surface area contributed by atoms with Crippen molar-refractivity contribution in [3.05, 3.63) is 40.6 Å². The highest BCUT2D eigenvalue weighted by Gasteiger charge is 2.14. The number of fused-ring (bicyclic) bond motifs is 1. The van der Waals surface area contributed by atoms with E-state index in [0.717, 1.165) is 5.69 Å². The Kier molecular flexibility index (Phi) is 3.69. The second-order valence-corrected chi connectivity index (χ2v) is 3.71. The summed E-state index contributed by atoms with van der Waals surface area (Å²) in [6, 6.07) is 6.54. The summed E-state index contributed by atoms with van der Waals surface area (Å²) in [7, 11) is 1.62. The van der Waals surface area contributed by atoms with Gasteiger partial charge >= 0.3 is 0 Å². The number of pyridine rings is 1. The summed E-state index contributed by atoms with van der Waals surface area (Å²) in [6.07, 6.45) is 1.62. The van der Waals surface area contributed by atoms with Gasteiger partial charge in [0.1, 0.15) is 5.52 Å². The van der Waals surface area contributed by atoms with Gasteiger partial charge in [0.15, 0.2) is 0 Å². The van der Waals surface area contributed by atoms with Crippen LogP contribution in [0.15, 0.2) is 30.5 Å². The fourth-order valence-electron chi connectivity index (χ4n) is 1.75. The van der Waals surface area contributed by atoms with Crippen molar-refractivity contribution in [3.8, 4) is 0 Å². The fraction of sp³-hybridized carbons (Fsp3) is 0.250. The number of ether oxygens (including phenoxy) is 1. The first kappa shape index (κ1) is 12.3. The van der Waals surface area contributed by atoms with Crippen LogP contribution >= 0.6 is 0 Å². The Labute approximate surface area is 104 Å². The van der Waals surface area contributed by atoms with Crippen LogP contribution in [-0.4, -0.2) is 30.2 Å². The molecule has 0 bridgehead atoms. The Balaban J connectivity index is 2.44. The molecular formula is C12H13N3O3. The van der Waals surface area contributed by atoms with Gasteiger partial charge < -0.3 is 10.1 Å². The van der Waals surface area contributed by atoms with Gasteiger partial charge in [-0.1, -0.05) is 0 Å². The van der Waals surface area contributed by atoms with Gasteiger partial charge in [-0.05, 0) is 18.2 Å². The molecule has 18 heavy (non-hydrogen) atoms. The van der Waals surface area contributed by atoms with Crippen LogP contribution in [0.25, 0.3) is 10.9 Å². The number of anilines is 1. The number of methoxy groups -OCH3 is 1. The van der Waals surface area contributed by atoms with E-state index in [4.69, 9.17) is 4.74 Å². The van der Waals surface area contributed by atoms with Crippen molar-refractivity contribution in [1.82, 2.24) is 4.98 Å². The van der Waals surface area contributed by atoms with Crippen LogP contribution in [0.1, 0.15) is 0 Å². The Morgan fingerprint density at radius 1 is 1.44 bits per heavy atom. The first-order valence-corrected chi connectivity index (χ1v) is 5.49. The second kappa shape index (κ2) is 5.42. The van der Waals surface area contributed by atoms with Gasteiger partial charge in [0.2, 0.25) is 0 Å². The van der Waals surface area contributed by atoms with Crippen LogP contribution in [0.4, 0.5) is 11.4 Å². The largest absolute Gasteiger partial charge is 0.383 e. The van der Waals surface area contributed by atoms with E-state index in [1.807, 2.05) is 0 Å². The lowest BCUT2D eigenvalue weighted by molar-refractivity contribution is -0.383. The Morgan fingerprint density at radius 3 is 3.00 bits per heavy atom. The highest BCUT2D eigenvalue weighted by molar-refractivity contribution is 5.96. The summed E-state index contributed by atoms with van der Waals surface area (Å²) in [5.74, 6) is 0. The summed E-state index contributed by atoms with van der Waals surface area (Å²) >= 11 is 0. The lowest BCUT2D eigenvalue weighted by atomic mass is 10.1. The molecule has 6 nitrogen and oxygen atoms in total. The minimum absolute atomic E-state index is 0.0652. The second-order valence-electron chi connectivity index (χ2n) is 3.71.